The van der Waals surface area contributed by atoms with Crippen molar-refractivity contribution in [3.8, 4) is 11.1 Å². The molecule has 0 saturated heterocycles. The average Bonchev–Trinajstić information content (AvgIpc) is 3.03. The first-order valence-electron chi connectivity index (χ1n) is 6.40. The van der Waals surface area contributed by atoms with Gasteiger partial charge in [-0.25, -0.2) is 0 Å². The van der Waals surface area contributed by atoms with E-state index in [0.717, 1.165) is 6.42 Å². The van der Waals surface area contributed by atoms with Crippen molar-refractivity contribution < 1.29 is 0 Å². The number of hydrogen-bond acceptors (Lipinski definition) is 0. The van der Waals surface area contributed by atoms with Gasteiger partial charge in [0, 0.05) is 5.92 Å². The van der Waals surface area contributed by atoms with Crippen LogP contribution in [0.1, 0.15) is 23.5 Å². The lowest BCUT2D eigenvalue weighted by Gasteiger charge is -2.13. The standard InChI is InChI=1S/C18H13/c1-2-8-13(7-1)18-16-11-5-3-9-14(16)15-10-4-6-12-17(15)18/h1,3-7,9-12,18H,2H2. The fourth-order valence-corrected chi connectivity index (χ4v) is 3.11. The van der Waals surface area contributed by atoms with E-state index in [9.17, 15) is 0 Å². The normalized spacial score (nSPS) is 16.6. The molecule has 2 aliphatic carbocycles. The molecule has 2 aromatic rings. The minimum Gasteiger partial charge on any atom is -0.0798 e. The van der Waals surface area contributed by atoms with Gasteiger partial charge >= 0.3 is 0 Å². The van der Waals surface area contributed by atoms with E-state index in [1.54, 1.807) is 0 Å². The molecule has 0 spiro atoms. The molecule has 0 heteroatoms. The highest BCUT2D eigenvalue weighted by Crippen LogP contribution is 2.48. The molecule has 4 rings (SSSR count). The summed E-state index contributed by atoms with van der Waals surface area (Å²) in [5.41, 5.74) is 6.94. The molecule has 0 heterocycles. The molecular weight excluding hydrogens is 216 g/mol. The first-order valence-corrected chi connectivity index (χ1v) is 6.40. The van der Waals surface area contributed by atoms with Gasteiger partial charge in [0.2, 0.25) is 0 Å². The maximum atomic E-state index is 3.49. The van der Waals surface area contributed by atoms with Crippen molar-refractivity contribution in [3.05, 3.63) is 83.5 Å². The maximum Gasteiger partial charge on any atom is 0.0355 e. The zero-order valence-electron chi connectivity index (χ0n) is 10.1. The van der Waals surface area contributed by atoms with Crippen molar-refractivity contribution >= 4 is 0 Å². The molecule has 0 nitrogen and oxygen atoms in total. The Hall–Kier alpha value is -2.08. The number of rotatable bonds is 1. The van der Waals surface area contributed by atoms with Crippen LogP contribution < -0.4 is 0 Å². The number of hydrogen-bond donors (Lipinski definition) is 0. The van der Waals surface area contributed by atoms with Crippen molar-refractivity contribution in [1.82, 2.24) is 0 Å². The number of fused-ring (bicyclic) bond motifs is 3. The molecule has 2 aliphatic rings. The Labute approximate surface area is 107 Å². The molecule has 0 atom stereocenters. The maximum absolute atomic E-state index is 3.49. The Balaban J connectivity index is 2.01. The molecule has 2 aromatic carbocycles. The lowest BCUT2D eigenvalue weighted by Crippen LogP contribution is -1.98. The number of allylic oxidation sites excluding steroid dienone is 4. The van der Waals surface area contributed by atoms with E-state index in [1.807, 2.05) is 0 Å². The lowest BCUT2D eigenvalue weighted by atomic mass is 9.90. The summed E-state index contributed by atoms with van der Waals surface area (Å²) in [6, 6.07) is 17.5. The second-order valence-corrected chi connectivity index (χ2v) is 4.85. The Kier molecular flexibility index (Phi) is 2.04. The third-order valence-corrected chi connectivity index (χ3v) is 3.87. The van der Waals surface area contributed by atoms with E-state index in [1.165, 1.54) is 27.8 Å². The van der Waals surface area contributed by atoms with Crippen molar-refractivity contribution in [2.75, 3.05) is 0 Å². The summed E-state index contributed by atoms with van der Waals surface area (Å²) in [5, 5.41) is 0. The predicted octanol–water partition coefficient (Wildman–Crippen LogP) is 4.49. The van der Waals surface area contributed by atoms with Gasteiger partial charge in [-0.15, -0.1) is 0 Å². The smallest absolute Gasteiger partial charge is 0.0355 e. The Morgan fingerprint density at radius 3 is 2.00 bits per heavy atom. The van der Waals surface area contributed by atoms with Crippen LogP contribution in [0.25, 0.3) is 11.1 Å². The zero-order valence-corrected chi connectivity index (χ0v) is 10.1. The molecule has 0 amide bonds. The first-order chi connectivity index (χ1) is 8.95. The van der Waals surface area contributed by atoms with Crippen molar-refractivity contribution in [3.63, 3.8) is 0 Å². The van der Waals surface area contributed by atoms with E-state index in [2.05, 4.69) is 66.8 Å². The first kappa shape index (κ1) is 9.90. The monoisotopic (exact) mass is 229 g/mol. The molecular formula is C18H13. The summed E-state index contributed by atoms with van der Waals surface area (Å²) in [6.45, 7) is 0. The Morgan fingerprint density at radius 1 is 0.833 bits per heavy atom. The van der Waals surface area contributed by atoms with Crippen LogP contribution >= 0.6 is 0 Å². The van der Waals surface area contributed by atoms with Crippen molar-refractivity contribution in [2.24, 2.45) is 0 Å². The number of benzene rings is 2. The van der Waals surface area contributed by atoms with Crippen molar-refractivity contribution in [2.45, 2.75) is 12.3 Å². The van der Waals surface area contributed by atoms with Gasteiger partial charge in [-0.1, -0.05) is 60.7 Å². The van der Waals surface area contributed by atoms with Gasteiger partial charge in [0.15, 0.2) is 0 Å². The van der Waals surface area contributed by atoms with Crippen LogP contribution in [0.15, 0.2) is 66.3 Å². The molecule has 18 heavy (non-hydrogen) atoms. The fourth-order valence-electron chi connectivity index (χ4n) is 3.11. The Bertz CT molecular complexity index is 628. The van der Waals surface area contributed by atoms with Gasteiger partial charge in [0.05, 0.1) is 0 Å². The van der Waals surface area contributed by atoms with Gasteiger partial charge in [-0.05, 0) is 40.3 Å². The van der Waals surface area contributed by atoms with Crippen molar-refractivity contribution in [1.29, 1.82) is 0 Å². The molecule has 0 unspecified atom stereocenters. The van der Waals surface area contributed by atoms with Gasteiger partial charge < -0.3 is 0 Å². The van der Waals surface area contributed by atoms with Crippen LogP contribution in [0.5, 0.6) is 0 Å². The van der Waals surface area contributed by atoms with Crippen LogP contribution in [-0.4, -0.2) is 0 Å². The molecule has 0 aromatic heterocycles. The molecule has 85 valence electrons. The van der Waals surface area contributed by atoms with Crippen LogP contribution in [0.2, 0.25) is 0 Å². The molecule has 0 saturated carbocycles. The highest BCUT2D eigenvalue weighted by Gasteiger charge is 2.30. The third-order valence-electron chi connectivity index (χ3n) is 3.87. The van der Waals surface area contributed by atoms with Gasteiger partial charge in [-0.2, -0.15) is 0 Å². The fraction of sp³-hybridized carbons (Fsp3) is 0.111. The summed E-state index contributed by atoms with van der Waals surface area (Å²) in [5.74, 6) is 0.385. The SMILES string of the molecule is [C]1=C(C2c3ccccc3-c3ccccc32)C=CC1. The molecule has 1 radical (unpaired) electrons. The molecule has 0 fully saturated rings. The van der Waals surface area contributed by atoms with E-state index in [4.69, 9.17) is 0 Å². The summed E-state index contributed by atoms with van der Waals surface area (Å²) in [4.78, 5) is 0. The van der Waals surface area contributed by atoms with Crippen LogP contribution in [0, 0.1) is 6.08 Å². The zero-order chi connectivity index (χ0) is 11.9. The quantitative estimate of drug-likeness (QED) is 0.676. The third kappa shape index (κ3) is 1.26. The Morgan fingerprint density at radius 2 is 1.44 bits per heavy atom. The van der Waals surface area contributed by atoms with E-state index >= 15 is 0 Å². The summed E-state index contributed by atoms with van der Waals surface area (Å²) < 4.78 is 0. The van der Waals surface area contributed by atoms with Crippen LogP contribution in [0.4, 0.5) is 0 Å². The topological polar surface area (TPSA) is 0 Å². The summed E-state index contributed by atoms with van der Waals surface area (Å²) >= 11 is 0. The minimum absolute atomic E-state index is 0.385. The lowest BCUT2D eigenvalue weighted by molar-refractivity contribution is 1.01. The van der Waals surface area contributed by atoms with Gasteiger partial charge in [0.1, 0.15) is 0 Å². The van der Waals surface area contributed by atoms with E-state index in [0.29, 0.717) is 5.92 Å². The van der Waals surface area contributed by atoms with Crippen LogP contribution in [-0.2, 0) is 0 Å². The predicted molar refractivity (Wildman–Crippen MR) is 74.2 cm³/mol. The molecule has 0 aliphatic heterocycles. The minimum atomic E-state index is 0.385. The summed E-state index contributed by atoms with van der Waals surface area (Å²) in [7, 11) is 0. The van der Waals surface area contributed by atoms with Crippen LogP contribution in [0.3, 0.4) is 0 Å². The second-order valence-electron chi connectivity index (χ2n) is 4.85. The van der Waals surface area contributed by atoms with E-state index < -0.39 is 0 Å². The highest BCUT2D eigenvalue weighted by atomic mass is 14.3. The largest absolute Gasteiger partial charge is 0.0798 e. The highest BCUT2D eigenvalue weighted by molar-refractivity contribution is 5.80. The molecule has 0 bridgehead atoms. The second kappa shape index (κ2) is 3.71. The summed E-state index contributed by atoms with van der Waals surface area (Å²) in [6.07, 6.45) is 8.86. The van der Waals surface area contributed by atoms with E-state index in [-0.39, 0.29) is 0 Å². The van der Waals surface area contributed by atoms with Gasteiger partial charge in [-0.3, -0.25) is 0 Å². The molecule has 0 N–H and O–H groups in total. The van der Waals surface area contributed by atoms with Gasteiger partial charge in [0.25, 0.3) is 0 Å². The average molecular weight is 229 g/mol.